The van der Waals surface area contributed by atoms with Crippen LogP contribution in [0.4, 0.5) is 22.0 Å². The predicted molar refractivity (Wildman–Crippen MR) is 70.0 cm³/mol. The van der Waals surface area contributed by atoms with E-state index >= 15 is 0 Å². The first-order chi connectivity index (χ1) is 10.7. The number of pyridine rings is 1. The number of nitrogens with zero attached hydrogens (tertiary/aromatic N) is 2. The van der Waals surface area contributed by atoms with E-state index in [-0.39, 0.29) is 31.6 Å². The molecule has 2 rings (SSSR count). The van der Waals surface area contributed by atoms with Crippen molar-refractivity contribution in [1.82, 2.24) is 9.88 Å². The Balaban J connectivity index is 2.14. The summed E-state index contributed by atoms with van der Waals surface area (Å²) in [6, 6.07) is 0. The summed E-state index contributed by atoms with van der Waals surface area (Å²) in [5.74, 6) is -3.86. The van der Waals surface area contributed by atoms with Crippen LogP contribution in [0, 0.1) is 11.6 Å². The van der Waals surface area contributed by atoms with Gasteiger partial charge in [-0.25, -0.2) is 13.6 Å². The summed E-state index contributed by atoms with van der Waals surface area (Å²) < 4.78 is 69.2. The van der Waals surface area contributed by atoms with Crippen LogP contribution in [0.5, 0.6) is 0 Å². The Labute approximate surface area is 129 Å². The zero-order valence-electron chi connectivity index (χ0n) is 12.3. The lowest BCUT2D eigenvalue weighted by molar-refractivity contribution is -0.148. The van der Waals surface area contributed by atoms with Crippen LogP contribution >= 0.6 is 0 Å². The lowest BCUT2D eigenvalue weighted by Gasteiger charge is -2.32. The van der Waals surface area contributed by atoms with E-state index in [0.717, 1.165) is 13.3 Å². The van der Waals surface area contributed by atoms with Gasteiger partial charge < -0.3 is 4.74 Å². The number of likely N-dealkylation sites (tertiary alicyclic amines) is 1. The molecule has 0 saturated carbocycles. The van der Waals surface area contributed by atoms with Crippen LogP contribution in [0.1, 0.15) is 34.8 Å². The van der Waals surface area contributed by atoms with E-state index in [4.69, 9.17) is 0 Å². The van der Waals surface area contributed by atoms with Crippen molar-refractivity contribution in [1.29, 1.82) is 0 Å². The maximum Gasteiger partial charge on any atom is 0.401 e. The van der Waals surface area contributed by atoms with Crippen molar-refractivity contribution in [3.8, 4) is 0 Å². The first-order valence-electron chi connectivity index (χ1n) is 6.94. The van der Waals surface area contributed by atoms with Gasteiger partial charge in [0, 0.05) is 5.92 Å². The van der Waals surface area contributed by atoms with E-state index in [0.29, 0.717) is 0 Å². The van der Waals surface area contributed by atoms with Gasteiger partial charge in [0.25, 0.3) is 0 Å². The molecule has 0 aromatic carbocycles. The van der Waals surface area contributed by atoms with Crippen LogP contribution in [-0.2, 0) is 4.74 Å². The Hall–Kier alpha value is -1.77. The molecule has 1 aromatic heterocycles. The molecule has 0 aliphatic carbocycles. The molecule has 0 atom stereocenters. The number of aromatic nitrogens is 1. The molecule has 4 nitrogen and oxygen atoms in total. The normalized spacial score (nSPS) is 17.3. The fraction of sp³-hybridized carbons (Fsp3) is 0.571. The van der Waals surface area contributed by atoms with Crippen LogP contribution in [0.25, 0.3) is 0 Å². The predicted octanol–water partition coefficient (Wildman–Crippen LogP) is 2.89. The summed E-state index contributed by atoms with van der Waals surface area (Å²) in [6.45, 7) is -0.779. The highest BCUT2D eigenvalue weighted by Gasteiger charge is 2.34. The van der Waals surface area contributed by atoms with Crippen molar-refractivity contribution in [3.05, 3.63) is 29.1 Å². The van der Waals surface area contributed by atoms with Gasteiger partial charge in [0.1, 0.15) is 5.56 Å². The molecule has 1 saturated heterocycles. The Morgan fingerprint density at radius 3 is 2.48 bits per heavy atom. The van der Waals surface area contributed by atoms with Crippen LogP contribution < -0.4 is 0 Å². The molecule has 1 aromatic rings. The first kappa shape index (κ1) is 17.6. The number of halogens is 5. The van der Waals surface area contributed by atoms with E-state index < -0.39 is 41.8 Å². The van der Waals surface area contributed by atoms with Gasteiger partial charge in [0.05, 0.1) is 25.5 Å². The van der Waals surface area contributed by atoms with Crippen LogP contribution in [0.2, 0.25) is 0 Å². The van der Waals surface area contributed by atoms with Gasteiger partial charge in [-0.2, -0.15) is 13.2 Å². The highest BCUT2D eigenvalue weighted by Crippen LogP contribution is 2.31. The molecule has 1 fully saturated rings. The number of rotatable bonds is 3. The molecule has 0 N–H and O–H groups in total. The highest BCUT2D eigenvalue weighted by atomic mass is 19.4. The summed E-state index contributed by atoms with van der Waals surface area (Å²) in [7, 11) is 0.997. The van der Waals surface area contributed by atoms with Crippen LogP contribution in [0.15, 0.2) is 6.20 Å². The Bertz CT molecular complexity index is 583. The Morgan fingerprint density at radius 1 is 1.35 bits per heavy atom. The summed E-state index contributed by atoms with van der Waals surface area (Å²) in [6.07, 6.45) is -3.07. The first-order valence-corrected chi connectivity index (χ1v) is 6.94. The Morgan fingerprint density at radius 2 is 1.96 bits per heavy atom. The topological polar surface area (TPSA) is 42.4 Å². The largest absolute Gasteiger partial charge is 0.465 e. The van der Waals surface area contributed by atoms with Gasteiger partial charge in [-0.1, -0.05) is 0 Å². The van der Waals surface area contributed by atoms with Crippen molar-refractivity contribution < 1.29 is 31.5 Å². The average Bonchev–Trinajstić information content (AvgIpc) is 2.47. The molecule has 23 heavy (non-hydrogen) atoms. The molecule has 2 heterocycles. The van der Waals surface area contributed by atoms with E-state index in [1.54, 1.807) is 0 Å². The Kier molecular flexibility index (Phi) is 5.18. The molecule has 0 amide bonds. The van der Waals surface area contributed by atoms with Gasteiger partial charge in [0.2, 0.25) is 0 Å². The third-order valence-corrected chi connectivity index (χ3v) is 3.77. The number of methoxy groups -OCH3 is 1. The smallest absolute Gasteiger partial charge is 0.401 e. The molecular formula is C14H15F5N2O2. The highest BCUT2D eigenvalue weighted by molar-refractivity contribution is 5.90. The summed E-state index contributed by atoms with van der Waals surface area (Å²) in [5.41, 5.74) is -0.936. The van der Waals surface area contributed by atoms with Crippen molar-refractivity contribution in [3.63, 3.8) is 0 Å². The van der Waals surface area contributed by atoms with Crippen molar-refractivity contribution >= 4 is 5.97 Å². The van der Waals surface area contributed by atoms with Gasteiger partial charge in [-0.3, -0.25) is 9.88 Å². The van der Waals surface area contributed by atoms with Gasteiger partial charge in [-0.05, 0) is 25.9 Å². The molecule has 128 valence electrons. The number of carbonyl (C=O) groups excluding carboxylic acids is 1. The number of esters is 1. The zero-order chi connectivity index (χ0) is 17.2. The molecular weight excluding hydrogens is 323 g/mol. The van der Waals surface area contributed by atoms with Gasteiger partial charge in [-0.15, -0.1) is 0 Å². The summed E-state index contributed by atoms with van der Waals surface area (Å²) in [5, 5.41) is 0. The number of carbonyl (C=O) groups is 1. The number of hydrogen-bond donors (Lipinski definition) is 0. The summed E-state index contributed by atoms with van der Waals surface area (Å²) in [4.78, 5) is 16.3. The van der Waals surface area contributed by atoms with E-state index in [1.807, 2.05) is 0 Å². The minimum atomic E-state index is -4.29. The third kappa shape index (κ3) is 4.15. The molecule has 9 heteroatoms. The van der Waals surface area contributed by atoms with Gasteiger partial charge >= 0.3 is 12.1 Å². The monoisotopic (exact) mass is 338 g/mol. The zero-order valence-corrected chi connectivity index (χ0v) is 12.3. The average molecular weight is 338 g/mol. The summed E-state index contributed by atoms with van der Waals surface area (Å²) >= 11 is 0. The molecule has 0 spiro atoms. The maximum atomic E-state index is 14.3. The second-order valence-corrected chi connectivity index (χ2v) is 5.34. The molecule has 0 radical (unpaired) electrons. The maximum absolute atomic E-state index is 14.3. The molecule has 1 aliphatic heterocycles. The third-order valence-electron chi connectivity index (χ3n) is 3.77. The minimum absolute atomic E-state index is 0.113. The van der Waals surface area contributed by atoms with E-state index in [2.05, 4.69) is 9.72 Å². The van der Waals surface area contributed by atoms with Crippen LogP contribution in [-0.4, -0.2) is 48.8 Å². The van der Waals surface area contributed by atoms with Crippen LogP contribution in [0.3, 0.4) is 0 Å². The van der Waals surface area contributed by atoms with Crippen molar-refractivity contribution in [2.24, 2.45) is 0 Å². The fourth-order valence-electron chi connectivity index (χ4n) is 2.67. The van der Waals surface area contributed by atoms with Crippen molar-refractivity contribution in [2.45, 2.75) is 24.9 Å². The SMILES string of the molecule is COC(=O)c1c(F)cnc(C2CCN(CC(F)(F)F)CC2)c1F. The second kappa shape index (κ2) is 6.77. The van der Waals surface area contributed by atoms with Crippen molar-refractivity contribution in [2.75, 3.05) is 26.7 Å². The van der Waals surface area contributed by atoms with E-state index in [1.165, 1.54) is 4.90 Å². The molecule has 0 unspecified atom stereocenters. The molecule has 0 bridgehead atoms. The molecule has 1 aliphatic rings. The number of piperidine rings is 1. The fourth-order valence-corrected chi connectivity index (χ4v) is 2.67. The number of ether oxygens (including phenoxy) is 1. The second-order valence-electron chi connectivity index (χ2n) is 5.34. The lowest BCUT2D eigenvalue weighted by atomic mass is 9.91. The lowest BCUT2D eigenvalue weighted by Crippen LogP contribution is -2.39. The standard InChI is InChI=1S/C14H15F5N2O2/c1-23-13(22)10-9(15)6-20-12(11(10)16)8-2-4-21(5-3-8)7-14(17,18)19/h6,8H,2-5,7H2,1H3. The quantitative estimate of drug-likeness (QED) is 0.628. The number of alkyl halides is 3. The number of hydrogen-bond acceptors (Lipinski definition) is 4. The minimum Gasteiger partial charge on any atom is -0.465 e. The van der Waals surface area contributed by atoms with Gasteiger partial charge in [0.15, 0.2) is 11.6 Å². The van der Waals surface area contributed by atoms with E-state index in [9.17, 15) is 26.7 Å².